The summed E-state index contributed by atoms with van der Waals surface area (Å²) in [4.78, 5) is 15.0. The van der Waals surface area contributed by atoms with Crippen LogP contribution in [0.2, 0.25) is 0 Å². The van der Waals surface area contributed by atoms with Crippen molar-refractivity contribution < 1.29 is 14.3 Å². The zero-order valence-corrected chi connectivity index (χ0v) is 15.9. The molecule has 4 rings (SSSR count). The first-order valence-corrected chi connectivity index (χ1v) is 9.89. The van der Waals surface area contributed by atoms with E-state index in [-0.39, 0.29) is 5.91 Å². The number of hydrogen-bond donors (Lipinski definition) is 0. The van der Waals surface area contributed by atoms with Crippen LogP contribution in [-0.2, 0) is 6.54 Å². The number of ether oxygens (including phenoxy) is 2. The van der Waals surface area contributed by atoms with E-state index in [0.29, 0.717) is 23.9 Å². The van der Waals surface area contributed by atoms with Gasteiger partial charge in [0.05, 0.1) is 13.7 Å². The first-order chi connectivity index (χ1) is 13.2. The van der Waals surface area contributed by atoms with Gasteiger partial charge < -0.3 is 14.4 Å². The largest absolute Gasteiger partial charge is 0.497 e. The first kappa shape index (κ1) is 17.9. The van der Waals surface area contributed by atoms with Crippen LogP contribution in [0.25, 0.3) is 0 Å². The number of benzene rings is 2. The zero-order chi connectivity index (χ0) is 18.6. The second-order valence-corrected chi connectivity index (χ2v) is 7.65. The molecule has 4 nitrogen and oxygen atoms in total. The molecule has 1 amide bonds. The molecule has 0 saturated heterocycles. The molecule has 0 heterocycles. The van der Waals surface area contributed by atoms with Crippen LogP contribution in [0, 0.1) is 5.92 Å². The molecule has 2 aromatic carbocycles. The molecule has 4 heteroatoms. The maximum atomic E-state index is 13.0. The third-order valence-corrected chi connectivity index (χ3v) is 5.55. The van der Waals surface area contributed by atoms with Gasteiger partial charge in [-0.2, -0.15) is 0 Å². The van der Waals surface area contributed by atoms with E-state index in [1.807, 2.05) is 41.3 Å². The Hall–Kier alpha value is -2.49. The monoisotopic (exact) mass is 365 g/mol. The number of nitrogens with zero attached hydrogens (tertiary/aromatic N) is 1. The molecule has 27 heavy (non-hydrogen) atoms. The van der Waals surface area contributed by atoms with Crippen LogP contribution in [0.15, 0.2) is 48.5 Å². The highest BCUT2D eigenvalue weighted by Crippen LogP contribution is 2.31. The number of amides is 1. The Labute approximate surface area is 161 Å². The minimum absolute atomic E-state index is 0.0710. The van der Waals surface area contributed by atoms with Crippen molar-refractivity contribution in [3.63, 3.8) is 0 Å². The van der Waals surface area contributed by atoms with Gasteiger partial charge in [-0.25, -0.2) is 0 Å². The van der Waals surface area contributed by atoms with E-state index in [4.69, 9.17) is 9.47 Å². The summed E-state index contributed by atoms with van der Waals surface area (Å²) < 4.78 is 11.1. The summed E-state index contributed by atoms with van der Waals surface area (Å²) >= 11 is 0. The number of carbonyl (C=O) groups excluding carboxylic acids is 1. The zero-order valence-electron chi connectivity index (χ0n) is 15.9. The molecular weight excluding hydrogens is 338 g/mol. The van der Waals surface area contributed by atoms with Crippen LogP contribution >= 0.6 is 0 Å². The topological polar surface area (TPSA) is 38.8 Å². The number of rotatable bonds is 8. The predicted octanol–water partition coefficient (Wildman–Crippen LogP) is 4.68. The maximum absolute atomic E-state index is 13.0. The number of methoxy groups -OCH3 is 1. The Kier molecular flexibility index (Phi) is 5.33. The highest BCUT2D eigenvalue weighted by atomic mass is 16.5. The third kappa shape index (κ3) is 4.44. The van der Waals surface area contributed by atoms with Gasteiger partial charge in [-0.3, -0.25) is 4.79 Å². The molecule has 0 N–H and O–H groups in total. The van der Waals surface area contributed by atoms with Crippen molar-refractivity contribution in [1.29, 1.82) is 0 Å². The average Bonchev–Trinajstić information content (AvgIpc) is 3.50. The summed E-state index contributed by atoms with van der Waals surface area (Å²) in [6, 6.07) is 15.9. The van der Waals surface area contributed by atoms with Crippen molar-refractivity contribution in [2.75, 3.05) is 13.7 Å². The van der Waals surface area contributed by atoms with Gasteiger partial charge in [0.2, 0.25) is 0 Å². The van der Waals surface area contributed by atoms with Crippen LogP contribution in [0.3, 0.4) is 0 Å². The maximum Gasteiger partial charge on any atom is 0.254 e. The Morgan fingerprint density at radius 2 is 1.81 bits per heavy atom. The van der Waals surface area contributed by atoms with E-state index < -0.39 is 0 Å². The Morgan fingerprint density at radius 1 is 1.04 bits per heavy atom. The van der Waals surface area contributed by atoms with Gasteiger partial charge in [-0.15, -0.1) is 0 Å². The minimum Gasteiger partial charge on any atom is -0.497 e. The van der Waals surface area contributed by atoms with E-state index in [1.165, 1.54) is 19.3 Å². The Balaban J connectivity index is 1.41. The van der Waals surface area contributed by atoms with E-state index in [9.17, 15) is 4.79 Å². The summed E-state index contributed by atoms with van der Waals surface area (Å²) in [5, 5.41) is 0. The van der Waals surface area contributed by atoms with Crippen LogP contribution < -0.4 is 9.47 Å². The van der Waals surface area contributed by atoms with E-state index in [0.717, 1.165) is 36.7 Å². The quantitative estimate of drug-likeness (QED) is 0.682. The van der Waals surface area contributed by atoms with E-state index in [2.05, 4.69) is 12.1 Å². The summed E-state index contributed by atoms with van der Waals surface area (Å²) in [5.74, 6) is 2.43. The molecular formula is C23H27NO3. The second kappa shape index (κ2) is 8.03. The van der Waals surface area contributed by atoms with Gasteiger partial charge in [0.1, 0.15) is 11.5 Å². The molecule has 0 aliphatic heterocycles. The fourth-order valence-corrected chi connectivity index (χ4v) is 3.44. The van der Waals surface area contributed by atoms with Crippen molar-refractivity contribution >= 4 is 5.91 Å². The van der Waals surface area contributed by atoms with Crippen LogP contribution in [0.1, 0.15) is 48.0 Å². The fraction of sp³-hybridized carbons (Fsp3) is 0.435. The lowest BCUT2D eigenvalue weighted by Gasteiger charge is -2.25. The highest BCUT2D eigenvalue weighted by Gasteiger charge is 2.33. The number of carbonyl (C=O) groups is 1. The van der Waals surface area contributed by atoms with Gasteiger partial charge in [-0.05, 0) is 67.5 Å². The standard InChI is InChI=1S/C23H27NO3/c1-26-22-7-3-6-19(14-22)23(25)24(20-10-11-20)15-17-8-12-21(13-9-17)27-16-18-4-2-5-18/h3,6-9,12-14,18,20H,2,4-5,10-11,15-16H2,1H3. The van der Waals surface area contributed by atoms with Crippen molar-refractivity contribution in [2.24, 2.45) is 5.92 Å². The Morgan fingerprint density at radius 3 is 2.44 bits per heavy atom. The van der Waals surface area contributed by atoms with Crippen molar-refractivity contribution in [2.45, 2.75) is 44.7 Å². The summed E-state index contributed by atoms with van der Waals surface area (Å²) in [5.41, 5.74) is 1.82. The van der Waals surface area contributed by atoms with Gasteiger partial charge in [0, 0.05) is 18.2 Å². The van der Waals surface area contributed by atoms with Gasteiger partial charge in [0.15, 0.2) is 0 Å². The Bertz CT molecular complexity index is 778. The van der Waals surface area contributed by atoms with Crippen molar-refractivity contribution in [3.05, 3.63) is 59.7 Å². The molecule has 0 bridgehead atoms. The summed E-state index contributed by atoms with van der Waals surface area (Å²) in [6.45, 7) is 1.45. The fourth-order valence-electron chi connectivity index (χ4n) is 3.44. The van der Waals surface area contributed by atoms with Crippen LogP contribution in [-0.4, -0.2) is 30.6 Å². The van der Waals surface area contributed by atoms with Gasteiger partial charge in [-0.1, -0.05) is 24.6 Å². The average molecular weight is 365 g/mol. The van der Waals surface area contributed by atoms with E-state index in [1.54, 1.807) is 7.11 Å². The molecule has 0 aromatic heterocycles. The van der Waals surface area contributed by atoms with Crippen LogP contribution in [0.4, 0.5) is 0 Å². The SMILES string of the molecule is COc1cccc(C(=O)N(Cc2ccc(OCC3CCC3)cc2)C2CC2)c1. The molecule has 142 valence electrons. The van der Waals surface area contributed by atoms with Crippen molar-refractivity contribution in [3.8, 4) is 11.5 Å². The lowest BCUT2D eigenvalue weighted by Crippen LogP contribution is -2.32. The van der Waals surface area contributed by atoms with E-state index >= 15 is 0 Å². The second-order valence-electron chi connectivity index (χ2n) is 7.65. The molecule has 2 aliphatic rings. The lowest BCUT2D eigenvalue weighted by atomic mass is 9.86. The smallest absolute Gasteiger partial charge is 0.254 e. The molecule has 0 spiro atoms. The first-order valence-electron chi connectivity index (χ1n) is 9.89. The highest BCUT2D eigenvalue weighted by molar-refractivity contribution is 5.95. The summed E-state index contributed by atoms with van der Waals surface area (Å²) in [6.07, 6.45) is 6.09. The lowest BCUT2D eigenvalue weighted by molar-refractivity contribution is 0.0729. The molecule has 2 saturated carbocycles. The molecule has 2 fully saturated rings. The normalized spacial score (nSPS) is 16.5. The molecule has 0 radical (unpaired) electrons. The molecule has 2 aliphatic carbocycles. The van der Waals surface area contributed by atoms with Crippen molar-refractivity contribution in [1.82, 2.24) is 4.90 Å². The minimum atomic E-state index is 0.0710. The third-order valence-electron chi connectivity index (χ3n) is 5.55. The van der Waals surface area contributed by atoms with Crippen LogP contribution in [0.5, 0.6) is 11.5 Å². The van der Waals surface area contributed by atoms with Gasteiger partial charge >= 0.3 is 0 Å². The number of hydrogen-bond acceptors (Lipinski definition) is 3. The summed E-state index contributed by atoms with van der Waals surface area (Å²) in [7, 11) is 1.62. The molecule has 0 atom stereocenters. The predicted molar refractivity (Wildman–Crippen MR) is 105 cm³/mol. The molecule has 2 aromatic rings. The molecule has 0 unspecified atom stereocenters. The van der Waals surface area contributed by atoms with Gasteiger partial charge in [0.25, 0.3) is 5.91 Å².